The average Bonchev–Trinajstić information content (AvgIpc) is 3.02. The minimum atomic E-state index is -4.12. The van der Waals surface area contributed by atoms with Crippen molar-refractivity contribution in [3.8, 4) is 11.5 Å². The van der Waals surface area contributed by atoms with Gasteiger partial charge in [0.15, 0.2) is 5.16 Å². The van der Waals surface area contributed by atoms with Crippen molar-refractivity contribution in [3.05, 3.63) is 42.2 Å². The van der Waals surface area contributed by atoms with E-state index in [-0.39, 0.29) is 5.75 Å². The molecule has 0 spiro atoms. The van der Waals surface area contributed by atoms with Crippen LogP contribution in [0.3, 0.4) is 0 Å². The molecule has 1 atom stereocenters. The summed E-state index contributed by atoms with van der Waals surface area (Å²) in [6.07, 6.45) is -2.48. The Hall–Kier alpha value is -2.13. The highest BCUT2D eigenvalue weighted by Crippen LogP contribution is 2.31. The normalized spacial score (nSPS) is 13.0. The van der Waals surface area contributed by atoms with Crippen LogP contribution in [0.15, 0.2) is 41.7 Å². The minimum Gasteiger partial charge on any atom is -0.497 e. The van der Waals surface area contributed by atoms with E-state index in [1.807, 2.05) is 6.07 Å². The summed E-state index contributed by atoms with van der Waals surface area (Å²) >= 11 is 6.17. The van der Waals surface area contributed by atoms with Crippen LogP contribution in [0, 0.1) is 0 Å². The molecule has 26 heavy (non-hydrogen) atoms. The number of hydrogen-bond donors (Lipinski definition) is 1. The molecule has 0 amide bonds. The summed E-state index contributed by atoms with van der Waals surface area (Å²) in [5, 5.41) is 0.578. The van der Waals surface area contributed by atoms with Crippen molar-refractivity contribution >= 4 is 34.4 Å². The lowest BCUT2D eigenvalue weighted by atomic mass is 10.3. The molecule has 0 aliphatic rings. The van der Waals surface area contributed by atoms with Gasteiger partial charge in [0.25, 0.3) is 5.63 Å². The molecule has 0 saturated heterocycles. The van der Waals surface area contributed by atoms with Crippen LogP contribution in [0.5, 0.6) is 11.5 Å². The molecule has 0 radical (unpaired) electrons. The molecule has 0 bridgehead atoms. The number of pyridine rings is 1. The molecule has 1 unspecified atom stereocenters. The third-order valence-electron chi connectivity index (χ3n) is 3.32. The molecule has 1 aromatic carbocycles. The van der Waals surface area contributed by atoms with E-state index in [2.05, 4.69) is 19.7 Å². The molecule has 3 rings (SSSR count). The van der Waals surface area contributed by atoms with Gasteiger partial charge in [-0.2, -0.15) is 8.78 Å². The molecule has 0 saturated carbocycles. The molecule has 2 heterocycles. The highest BCUT2D eigenvalue weighted by atomic mass is 35.5. The maximum Gasteiger partial charge on any atom is 0.444 e. The van der Waals surface area contributed by atoms with Crippen LogP contribution in [-0.2, 0) is 5.75 Å². The van der Waals surface area contributed by atoms with E-state index >= 15 is 0 Å². The fraction of sp³-hybridized carbons (Fsp3) is 0.250. The lowest BCUT2D eigenvalue weighted by molar-refractivity contribution is -0.198. The number of aromatic amines is 1. The summed E-state index contributed by atoms with van der Waals surface area (Å²) in [5.41, 5.74) is -1.11. The lowest BCUT2D eigenvalue weighted by Gasteiger charge is -2.17. The molecule has 138 valence electrons. The highest BCUT2D eigenvalue weighted by molar-refractivity contribution is 7.98. The molecule has 0 aliphatic heterocycles. The van der Waals surface area contributed by atoms with Gasteiger partial charge in [-0.25, -0.2) is 9.37 Å². The fourth-order valence-corrected chi connectivity index (χ4v) is 2.94. The number of thioether (sulfide) groups is 1. The number of rotatable bonds is 7. The van der Waals surface area contributed by atoms with Gasteiger partial charge in [-0.15, -0.1) is 0 Å². The maximum absolute atomic E-state index is 13.2. The van der Waals surface area contributed by atoms with E-state index < -0.39 is 11.7 Å². The first-order valence-corrected chi connectivity index (χ1v) is 8.76. The van der Waals surface area contributed by atoms with Crippen LogP contribution in [0.1, 0.15) is 5.69 Å². The first-order chi connectivity index (χ1) is 12.4. The number of nitrogens with one attached hydrogen (secondary N) is 1. The minimum absolute atomic E-state index is 0.222. The lowest BCUT2D eigenvalue weighted by Crippen LogP contribution is -2.32. The third-order valence-corrected chi connectivity index (χ3v) is 4.48. The summed E-state index contributed by atoms with van der Waals surface area (Å²) in [6, 6.07) is 7.63. The fourth-order valence-electron chi connectivity index (χ4n) is 2.10. The Kier molecular flexibility index (Phi) is 5.47. The van der Waals surface area contributed by atoms with E-state index in [1.165, 1.54) is 30.0 Å². The standard InChI is InChI=1S/C16H13ClF3N3O2S/c1-24-10-4-5-21-9(6-10)8-26-15-22-12-3-2-11(7-13(12)23-15)25-16(19,20)14(17)18/h2-7,14H,8H2,1H3,(H,22,23). The summed E-state index contributed by atoms with van der Waals surface area (Å²) in [4.78, 5) is 11.6. The third kappa shape index (κ3) is 4.34. The van der Waals surface area contributed by atoms with Crippen LogP contribution >= 0.6 is 23.4 Å². The van der Waals surface area contributed by atoms with Crippen molar-refractivity contribution in [1.82, 2.24) is 15.0 Å². The van der Waals surface area contributed by atoms with Crippen molar-refractivity contribution in [3.63, 3.8) is 0 Å². The highest BCUT2D eigenvalue weighted by Gasteiger charge is 2.42. The van der Waals surface area contributed by atoms with Gasteiger partial charge < -0.3 is 14.5 Å². The van der Waals surface area contributed by atoms with E-state index in [0.717, 1.165) is 5.69 Å². The number of H-pyrrole nitrogens is 1. The molecule has 10 heteroatoms. The van der Waals surface area contributed by atoms with Crippen molar-refractivity contribution in [2.75, 3.05) is 7.11 Å². The molecule has 5 nitrogen and oxygen atoms in total. The van der Waals surface area contributed by atoms with E-state index in [1.54, 1.807) is 19.4 Å². The first kappa shape index (κ1) is 18.7. The molecular formula is C16H13ClF3N3O2S. The second-order valence-corrected chi connectivity index (χ2v) is 6.51. The Bertz CT molecular complexity index is 907. The summed E-state index contributed by atoms with van der Waals surface area (Å²) in [5.74, 6) is 1.02. The molecule has 2 aromatic heterocycles. The second kappa shape index (κ2) is 7.63. The van der Waals surface area contributed by atoms with E-state index in [0.29, 0.717) is 27.7 Å². The number of halogens is 4. The SMILES string of the molecule is COc1ccnc(CSc2nc3ccc(OC(F)(F)C(F)Cl)cc3[nH]2)c1. The summed E-state index contributed by atoms with van der Waals surface area (Å²) in [6.45, 7) is 0. The number of fused-ring (bicyclic) bond motifs is 1. The Labute approximate surface area is 155 Å². The number of hydrogen-bond acceptors (Lipinski definition) is 5. The summed E-state index contributed by atoms with van der Waals surface area (Å²) in [7, 11) is 1.57. The van der Waals surface area contributed by atoms with Crippen LogP contribution in [-0.4, -0.2) is 33.8 Å². The van der Waals surface area contributed by atoms with Gasteiger partial charge in [0, 0.05) is 24.1 Å². The van der Waals surface area contributed by atoms with Gasteiger partial charge in [0.1, 0.15) is 11.5 Å². The predicted octanol–water partition coefficient (Wildman–Crippen LogP) is 4.76. The largest absolute Gasteiger partial charge is 0.497 e. The van der Waals surface area contributed by atoms with Gasteiger partial charge in [0.05, 0.1) is 23.8 Å². The quantitative estimate of drug-likeness (QED) is 0.455. The van der Waals surface area contributed by atoms with Crippen LogP contribution in [0.4, 0.5) is 13.2 Å². The van der Waals surface area contributed by atoms with Crippen molar-refractivity contribution in [1.29, 1.82) is 0 Å². The predicted molar refractivity (Wildman–Crippen MR) is 92.8 cm³/mol. The zero-order valence-electron chi connectivity index (χ0n) is 13.4. The average molecular weight is 404 g/mol. The number of ether oxygens (including phenoxy) is 2. The summed E-state index contributed by atoms with van der Waals surface area (Å²) < 4.78 is 48.6. The molecule has 3 aromatic rings. The molecule has 0 fully saturated rings. The van der Waals surface area contributed by atoms with Crippen LogP contribution in [0.25, 0.3) is 11.0 Å². The number of nitrogens with zero attached hydrogens (tertiary/aromatic N) is 2. The van der Waals surface area contributed by atoms with Crippen LogP contribution < -0.4 is 9.47 Å². The number of alkyl halides is 4. The Balaban J connectivity index is 1.72. The van der Waals surface area contributed by atoms with Gasteiger partial charge in [-0.3, -0.25) is 4.98 Å². The van der Waals surface area contributed by atoms with Crippen LogP contribution in [0.2, 0.25) is 0 Å². The van der Waals surface area contributed by atoms with Gasteiger partial charge in [-0.1, -0.05) is 23.4 Å². The van der Waals surface area contributed by atoms with Crippen molar-refractivity contribution < 1.29 is 22.6 Å². The molecule has 0 aliphatic carbocycles. The van der Waals surface area contributed by atoms with Gasteiger partial charge >= 0.3 is 6.11 Å². The zero-order chi connectivity index (χ0) is 18.7. The number of aromatic nitrogens is 3. The smallest absolute Gasteiger partial charge is 0.444 e. The monoisotopic (exact) mass is 403 g/mol. The Morgan fingerprint density at radius 1 is 1.27 bits per heavy atom. The molecule has 1 N–H and O–H groups in total. The number of benzene rings is 1. The zero-order valence-corrected chi connectivity index (χ0v) is 15.0. The van der Waals surface area contributed by atoms with Gasteiger partial charge in [-0.05, 0) is 18.2 Å². The van der Waals surface area contributed by atoms with E-state index in [4.69, 9.17) is 16.3 Å². The second-order valence-electron chi connectivity index (χ2n) is 5.16. The van der Waals surface area contributed by atoms with Crippen molar-refractivity contribution in [2.45, 2.75) is 22.6 Å². The van der Waals surface area contributed by atoms with Crippen molar-refractivity contribution in [2.24, 2.45) is 0 Å². The Morgan fingerprint density at radius 3 is 2.81 bits per heavy atom. The molecular weight excluding hydrogens is 391 g/mol. The number of methoxy groups -OCH3 is 1. The topological polar surface area (TPSA) is 60.0 Å². The first-order valence-electron chi connectivity index (χ1n) is 7.34. The van der Waals surface area contributed by atoms with E-state index in [9.17, 15) is 13.2 Å². The van der Waals surface area contributed by atoms with Gasteiger partial charge in [0.2, 0.25) is 0 Å². The Morgan fingerprint density at radius 2 is 2.08 bits per heavy atom. The maximum atomic E-state index is 13.2. The number of imidazole rings is 1.